The van der Waals surface area contributed by atoms with E-state index in [9.17, 15) is 4.79 Å². The van der Waals surface area contributed by atoms with Gasteiger partial charge in [-0.05, 0) is 0 Å². The maximum atomic E-state index is 11.1. The molecule has 2 aromatic rings. The molecule has 0 spiro atoms. The molecule has 0 fully saturated rings. The van der Waals surface area contributed by atoms with Crippen LogP contribution in [0.25, 0.3) is 5.69 Å². The number of hydrogen-bond acceptors (Lipinski definition) is 5. The average molecular weight is 223 g/mol. The summed E-state index contributed by atoms with van der Waals surface area (Å²) in [4.78, 5) is 15.7. The van der Waals surface area contributed by atoms with Crippen molar-refractivity contribution in [2.45, 2.75) is 0 Å². The van der Waals surface area contributed by atoms with Crippen molar-refractivity contribution in [1.29, 1.82) is 0 Å². The molecular weight excluding hydrogens is 212 g/mol. The first-order chi connectivity index (χ1) is 8.87. The zero-order chi connectivity index (χ0) is 14.0. The Bertz CT molecular complexity index is 597. The van der Waals surface area contributed by atoms with E-state index < -0.39 is 13.0 Å². The molecule has 0 aromatic carbocycles. The predicted molar refractivity (Wildman–Crippen MR) is 52.7 cm³/mol. The Balaban J connectivity index is 2.48. The van der Waals surface area contributed by atoms with Gasteiger partial charge in [-0.25, -0.2) is 9.78 Å². The Morgan fingerprint density at radius 2 is 2.31 bits per heavy atom. The van der Waals surface area contributed by atoms with Gasteiger partial charge in [0.05, 0.1) is 23.5 Å². The van der Waals surface area contributed by atoms with Gasteiger partial charge < -0.3 is 9.84 Å². The van der Waals surface area contributed by atoms with Crippen LogP contribution in [0.15, 0.2) is 24.7 Å². The fourth-order valence-electron chi connectivity index (χ4n) is 1.15. The summed E-state index contributed by atoms with van der Waals surface area (Å²) in [6, 6.07) is 1.15. The SMILES string of the molecule is [2H]C([2H])([2H])Oc1cc(-n2nccn2)c(C(=O)O)cn1. The minimum Gasteiger partial charge on any atom is -0.481 e. The van der Waals surface area contributed by atoms with E-state index in [-0.39, 0.29) is 17.1 Å². The molecule has 0 atom stereocenters. The molecule has 0 bridgehead atoms. The molecule has 0 saturated heterocycles. The van der Waals surface area contributed by atoms with Crippen molar-refractivity contribution >= 4 is 5.97 Å². The molecule has 82 valence electrons. The highest BCUT2D eigenvalue weighted by atomic mass is 16.5. The zero-order valence-electron chi connectivity index (χ0n) is 10.9. The number of nitrogens with zero attached hydrogens (tertiary/aromatic N) is 4. The minimum absolute atomic E-state index is 0.0618. The maximum absolute atomic E-state index is 11.1. The maximum Gasteiger partial charge on any atom is 0.339 e. The van der Waals surface area contributed by atoms with Crippen LogP contribution in [0.1, 0.15) is 14.5 Å². The molecule has 0 aliphatic heterocycles. The molecule has 2 heterocycles. The highest BCUT2D eigenvalue weighted by Gasteiger charge is 2.14. The fraction of sp³-hybridized carbons (Fsp3) is 0.111. The van der Waals surface area contributed by atoms with Crippen LogP contribution in [0.2, 0.25) is 0 Å². The molecule has 0 amide bonds. The summed E-state index contributed by atoms with van der Waals surface area (Å²) in [5.41, 5.74) is -0.110. The van der Waals surface area contributed by atoms with Gasteiger partial charge in [0, 0.05) is 12.3 Å². The van der Waals surface area contributed by atoms with Crippen LogP contribution in [-0.2, 0) is 0 Å². The monoisotopic (exact) mass is 223 g/mol. The summed E-state index contributed by atoms with van der Waals surface area (Å²) < 4.78 is 25.5. The third kappa shape index (κ3) is 1.70. The molecule has 7 heteroatoms. The van der Waals surface area contributed by atoms with Crippen LogP contribution in [0.4, 0.5) is 0 Å². The quantitative estimate of drug-likeness (QED) is 0.808. The summed E-state index contributed by atoms with van der Waals surface area (Å²) in [7, 11) is -2.67. The van der Waals surface area contributed by atoms with Gasteiger partial charge in [0.15, 0.2) is 0 Å². The van der Waals surface area contributed by atoms with Gasteiger partial charge in [0.2, 0.25) is 5.88 Å². The number of carboxylic acid groups (broad SMARTS) is 1. The topological polar surface area (TPSA) is 90.1 Å². The van der Waals surface area contributed by atoms with E-state index in [1.807, 2.05) is 0 Å². The van der Waals surface area contributed by atoms with Gasteiger partial charge in [-0.3, -0.25) is 0 Å². The Hall–Kier alpha value is -2.44. The number of aromatic carboxylic acids is 1. The summed E-state index contributed by atoms with van der Waals surface area (Å²) in [5, 5.41) is 16.6. The van der Waals surface area contributed by atoms with Crippen LogP contribution in [0.3, 0.4) is 0 Å². The van der Waals surface area contributed by atoms with E-state index in [2.05, 4.69) is 19.9 Å². The first-order valence-electron chi connectivity index (χ1n) is 5.66. The molecule has 0 radical (unpaired) electrons. The summed E-state index contributed by atoms with van der Waals surface area (Å²) in [5.74, 6) is -1.47. The van der Waals surface area contributed by atoms with Crippen molar-refractivity contribution in [2.75, 3.05) is 7.04 Å². The standard InChI is InChI=1S/C9H8N4O3/c1-16-8-4-7(13-11-2-3-12-13)6(5-10-8)9(14)15/h2-5H,1H3,(H,14,15)/i1D3. The fourth-order valence-corrected chi connectivity index (χ4v) is 1.15. The van der Waals surface area contributed by atoms with Crippen LogP contribution in [-0.4, -0.2) is 38.1 Å². The molecule has 1 N–H and O–H groups in total. The molecule has 0 aliphatic carbocycles. The van der Waals surface area contributed by atoms with Crippen LogP contribution >= 0.6 is 0 Å². The molecular formula is C9H8N4O3. The number of aromatic nitrogens is 4. The van der Waals surface area contributed by atoms with Gasteiger partial charge in [0.25, 0.3) is 0 Å². The van der Waals surface area contributed by atoms with Gasteiger partial charge in [-0.15, -0.1) is 0 Å². The Morgan fingerprint density at radius 1 is 1.56 bits per heavy atom. The number of carboxylic acids is 1. The third-order valence-corrected chi connectivity index (χ3v) is 1.83. The average Bonchev–Trinajstić information content (AvgIpc) is 2.79. The van der Waals surface area contributed by atoms with Crippen molar-refractivity contribution in [3.05, 3.63) is 30.2 Å². The highest BCUT2D eigenvalue weighted by Crippen LogP contribution is 2.17. The first kappa shape index (κ1) is 6.94. The lowest BCUT2D eigenvalue weighted by molar-refractivity contribution is 0.0696. The summed E-state index contributed by atoms with van der Waals surface area (Å²) in [6.45, 7) is 0. The second kappa shape index (κ2) is 3.97. The smallest absolute Gasteiger partial charge is 0.339 e. The van der Waals surface area contributed by atoms with E-state index in [0.717, 1.165) is 17.1 Å². The Labute approximate surface area is 94.5 Å². The molecule has 16 heavy (non-hydrogen) atoms. The van der Waals surface area contributed by atoms with Crippen molar-refractivity contribution < 1.29 is 18.8 Å². The van der Waals surface area contributed by atoms with Crippen molar-refractivity contribution in [2.24, 2.45) is 0 Å². The lowest BCUT2D eigenvalue weighted by Crippen LogP contribution is -2.09. The third-order valence-electron chi connectivity index (χ3n) is 1.83. The van der Waals surface area contributed by atoms with Gasteiger partial charge >= 0.3 is 5.97 Å². The molecule has 2 aromatic heterocycles. The number of ether oxygens (including phenoxy) is 1. The van der Waals surface area contributed by atoms with Crippen LogP contribution in [0, 0.1) is 0 Å². The normalized spacial score (nSPS) is 13.6. The minimum atomic E-state index is -2.67. The zero-order valence-corrected chi connectivity index (χ0v) is 7.86. The number of pyridine rings is 1. The van der Waals surface area contributed by atoms with E-state index in [1.165, 1.54) is 12.4 Å². The van der Waals surface area contributed by atoms with E-state index >= 15 is 0 Å². The van der Waals surface area contributed by atoms with E-state index in [1.54, 1.807) is 0 Å². The number of methoxy groups -OCH3 is 1. The molecule has 0 unspecified atom stereocenters. The largest absolute Gasteiger partial charge is 0.481 e. The lowest BCUT2D eigenvalue weighted by atomic mass is 10.2. The number of carbonyl (C=O) groups is 1. The van der Waals surface area contributed by atoms with Gasteiger partial charge in [-0.2, -0.15) is 15.0 Å². The van der Waals surface area contributed by atoms with E-state index in [4.69, 9.17) is 9.22 Å². The number of hydrogen-bond donors (Lipinski definition) is 1. The lowest BCUT2D eigenvalue weighted by Gasteiger charge is -2.06. The van der Waals surface area contributed by atoms with Crippen molar-refractivity contribution in [1.82, 2.24) is 20.0 Å². The van der Waals surface area contributed by atoms with Crippen LogP contribution in [0.5, 0.6) is 5.88 Å². The molecule has 0 aliphatic rings. The summed E-state index contributed by atoms with van der Waals surface area (Å²) in [6.07, 6.45) is 3.70. The Kier molecular flexibility index (Phi) is 1.72. The van der Waals surface area contributed by atoms with Crippen molar-refractivity contribution in [3.63, 3.8) is 0 Å². The Morgan fingerprint density at radius 3 is 2.94 bits per heavy atom. The second-order valence-corrected chi connectivity index (χ2v) is 2.77. The number of rotatable bonds is 3. The molecule has 7 nitrogen and oxygen atoms in total. The highest BCUT2D eigenvalue weighted by molar-refractivity contribution is 5.91. The van der Waals surface area contributed by atoms with Crippen molar-refractivity contribution in [3.8, 4) is 11.6 Å². The van der Waals surface area contributed by atoms with Crippen LogP contribution < -0.4 is 4.74 Å². The second-order valence-electron chi connectivity index (χ2n) is 2.77. The summed E-state index contributed by atoms with van der Waals surface area (Å²) >= 11 is 0. The first-order valence-corrected chi connectivity index (χ1v) is 4.16. The van der Waals surface area contributed by atoms with E-state index in [0.29, 0.717) is 0 Å². The van der Waals surface area contributed by atoms with Gasteiger partial charge in [0.1, 0.15) is 11.3 Å². The predicted octanol–water partition coefficient (Wildman–Crippen LogP) is 0.369. The molecule has 2 rings (SSSR count). The van der Waals surface area contributed by atoms with Gasteiger partial charge in [-0.1, -0.05) is 0 Å². The molecule has 0 saturated carbocycles.